The van der Waals surface area contributed by atoms with Crippen molar-refractivity contribution < 1.29 is 19.2 Å². The average Bonchev–Trinajstić information content (AvgIpc) is 2.88. The zero-order valence-electron chi connectivity index (χ0n) is 19.1. The van der Waals surface area contributed by atoms with E-state index < -0.39 is 28.2 Å². The van der Waals surface area contributed by atoms with Gasteiger partial charge in [0.15, 0.2) is 11.9 Å². The Bertz CT molecular complexity index is 1550. The van der Waals surface area contributed by atoms with Crippen LogP contribution in [0.1, 0.15) is 12.5 Å². The molecule has 0 aliphatic heterocycles. The predicted molar refractivity (Wildman–Crippen MR) is 137 cm³/mol. The molecule has 36 heavy (non-hydrogen) atoms. The lowest BCUT2D eigenvalue weighted by Gasteiger charge is -2.15. The van der Waals surface area contributed by atoms with E-state index in [9.17, 15) is 19.7 Å². The molecule has 0 fully saturated rings. The molecular formula is C25H19BrN4O6. The van der Waals surface area contributed by atoms with Crippen molar-refractivity contribution in [3.63, 3.8) is 0 Å². The molecule has 4 aromatic rings. The van der Waals surface area contributed by atoms with Crippen molar-refractivity contribution in [3.05, 3.63) is 97.2 Å². The molecule has 1 heterocycles. The van der Waals surface area contributed by atoms with Gasteiger partial charge in [-0.2, -0.15) is 9.78 Å². The third-order valence-corrected chi connectivity index (χ3v) is 5.64. The van der Waals surface area contributed by atoms with Crippen molar-refractivity contribution in [2.75, 3.05) is 7.11 Å². The number of methoxy groups -OCH3 is 1. The second-order valence-electron chi connectivity index (χ2n) is 7.56. The van der Waals surface area contributed by atoms with Crippen molar-refractivity contribution >= 4 is 44.7 Å². The highest BCUT2D eigenvalue weighted by molar-refractivity contribution is 9.10. The van der Waals surface area contributed by atoms with Crippen LogP contribution in [0.4, 0.5) is 5.69 Å². The highest BCUT2D eigenvalue weighted by atomic mass is 79.9. The standard InChI is InChI=1S/C25H19BrN4O6/c1-15(25(32)35-2)36-22-17(12-18(26)13-21(22)30(33)34)14-27-29-23(16-8-4-3-5-9-16)28-20-11-7-6-10-19(20)24(29)31/h3-15H,1-2H3/t15-/m0/s1. The molecule has 0 saturated heterocycles. The molecule has 1 aromatic heterocycles. The van der Waals surface area contributed by atoms with Crippen LogP contribution in [0.5, 0.6) is 5.75 Å². The summed E-state index contributed by atoms with van der Waals surface area (Å²) >= 11 is 3.25. The van der Waals surface area contributed by atoms with Gasteiger partial charge < -0.3 is 9.47 Å². The largest absolute Gasteiger partial charge is 0.471 e. The molecule has 10 nitrogen and oxygen atoms in total. The normalized spacial score (nSPS) is 12.0. The number of esters is 1. The highest BCUT2D eigenvalue weighted by Crippen LogP contribution is 2.35. The number of ether oxygens (including phenoxy) is 2. The Kier molecular flexibility index (Phi) is 7.20. The number of nitrogens with zero attached hydrogens (tertiary/aromatic N) is 4. The SMILES string of the molecule is COC(=O)[C@H](C)Oc1c(C=Nn2c(-c3ccccc3)nc3ccccc3c2=O)cc(Br)cc1[N+](=O)[O-]. The molecule has 0 amide bonds. The van der Waals surface area contributed by atoms with Crippen LogP contribution in [-0.2, 0) is 9.53 Å². The van der Waals surface area contributed by atoms with Gasteiger partial charge in [-0.3, -0.25) is 14.9 Å². The number of hydrogen-bond donors (Lipinski definition) is 0. The number of carbonyl (C=O) groups is 1. The Balaban J connectivity index is 1.92. The van der Waals surface area contributed by atoms with E-state index in [2.05, 4.69) is 30.8 Å². The number of carbonyl (C=O) groups excluding carboxylic acids is 1. The summed E-state index contributed by atoms with van der Waals surface area (Å²) in [5.41, 5.74) is 0.487. The number of fused-ring (bicyclic) bond motifs is 1. The summed E-state index contributed by atoms with van der Waals surface area (Å²) in [6.07, 6.45) is 0.119. The first-order valence-electron chi connectivity index (χ1n) is 10.6. The fraction of sp³-hybridized carbons (Fsp3) is 0.120. The zero-order chi connectivity index (χ0) is 25.8. The van der Waals surface area contributed by atoms with Gasteiger partial charge in [0.1, 0.15) is 0 Å². The second kappa shape index (κ2) is 10.5. The first kappa shape index (κ1) is 24.7. The molecule has 0 radical (unpaired) electrons. The van der Waals surface area contributed by atoms with Crippen LogP contribution >= 0.6 is 15.9 Å². The minimum atomic E-state index is -1.13. The fourth-order valence-electron chi connectivity index (χ4n) is 3.48. The Morgan fingerprint density at radius 3 is 2.56 bits per heavy atom. The lowest BCUT2D eigenvalue weighted by atomic mass is 10.2. The third-order valence-electron chi connectivity index (χ3n) is 5.19. The number of para-hydroxylation sites is 1. The first-order valence-corrected chi connectivity index (χ1v) is 11.4. The lowest BCUT2D eigenvalue weighted by molar-refractivity contribution is -0.386. The maximum absolute atomic E-state index is 13.4. The number of nitro benzene ring substituents is 1. The quantitative estimate of drug-likeness (QED) is 0.143. The van der Waals surface area contributed by atoms with Crippen molar-refractivity contribution in [3.8, 4) is 17.1 Å². The van der Waals surface area contributed by atoms with E-state index in [4.69, 9.17) is 4.74 Å². The van der Waals surface area contributed by atoms with E-state index >= 15 is 0 Å². The number of halogens is 1. The molecule has 0 aliphatic carbocycles. The highest BCUT2D eigenvalue weighted by Gasteiger charge is 2.25. The van der Waals surface area contributed by atoms with E-state index in [1.54, 1.807) is 36.4 Å². The van der Waals surface area contributed by atoms with Gasteiger partial charge in [0.2, 0.25) is 5.75 Å². The topological polar surface area (TPSA) is 126 Å². The number of nitro groups is 1. The average molecular weight is 551 g/mol. The maximum atomic E-state index is 13.4. The van der Waals surface area contributed by atoms with E-state index in [-0.39, 0.29) is 17.1 Å². The maximum Gasteiger partial charge on any atom is 0.346 e. The van der Waals surface area contributed by atoms with Gasteiger partial charge in [-0.25, -0.2) is 9.78 Å². The first-order chi connectivity index (χ1) is 17.3. The monoisotopic (exact) mass is 550 g/mol. The van der Waals surface area contributed by atoms with Crippen LogP contribution in [0.15, 0.2) is 81.1 Å². The molecule has 0 bridgehead atoms. The van der Waals surface area contributed by atoms with Gasteiger partial charge in [0.25, 0.3) is 5.56 Å². The van der Waals surface area contributed by atoms with Crippen LogP contribution in [0.25, 0.3) is 22.3 Å². The molecule has 0 aliphatic rings. The van der Waals surface area contributed by atoms with Crippen molar-refractivity contribution in [1.29, 1.82) is 0 Å². The van der Waals surface area contributed by atoms with Crippen LogP contribution in [0.2, 0.25) is 0 Å². The van der Waals surface area contributed by atoms with E-state index in [1.807, 2.05) is 18.2 Å². The minimum Gasteiger partial charge on any atom is -0.471 e. The fourth-order valence-corrected chi connectivity index (χ4v) is 3.94. The van der Waals surface area contributed by atoms with E-state index in [0.29, 0.717) is 20.9 Å². The van der Waals surface area contributed by atoms with Gasteiger partial charge in [0, 0.05) is 21.7 Å². The molecule has 0 spiro atoms. The van der Waals surface area contributed by atoms with Gasteiger partial charge in [0.05, 0.1) is 29.2 Å². The van der Waals surface area contributed by atoms with E-state index in [0.717, 1.165) is 4.68 Å². The van der Waals surface area contributed by atoms with Crippen molar-refractivity contribution in [2.24, 2.45) is 5.10 Å². The van der Waals surface area contributed by atoms with Gasteiger partial charge >= 0.3 is 11.7 Å². The summed E-state index contributed by atoms with van der Waals surface area (Å²) in [5.74, 6) is -0.630. The van der Waals surface area contributed by atoms with Gasteiger partial charge in [-0.15, -0.1) is 0 Å². The van der Waals surface area contributed by atoms with Crippen LogP contribution in [-0.4, -0.2) is 40.0 Å². The second-order valence-corrected chi connectivity index (χ2v) is 8.48. The molecular weight excluding hydrogens is 532 g/mol. The summed E-state index contributed by atoms with van der Waals surface area (Å²) in [6, 6.07) is 18.7. The molecule has 3 aromatic carbocycles. The summed E-state index contributed by atoms with van der Waals surface area (Å²) in [5, 5.41) is 16.4. The molecule has 0 N–H and O–H groups in total. The summed E-state index contributed by atoms with van der Waals surface area (Å²) in [6.45, 7) is 1.41. The number of aromatic nitrogens is 2. The third kappa shape index (κ3) is 5.01. The number of benzene rings is 3. The number of rotatable bonds is 7. The molecule has 0 saturated carbocycles. The van der Waals surface area contributed by atoms with Crippen LogP contribution in [0, 0.1) is 10.1 Å². The number of hydrogen-bond acceptors (Lipinski definition) is 8. The molecule has 11 heteroatoms. The summed E-state index contributed by atoms with van der Waals surface area (Å²) in [4.78, 5) is 41.0. The van der Waals surface area contributed by atoms with Crippen LogP contribution in [0.3, 0.4) is 0 Å². The molecule has 0 unspecified atom stereocenters. The lowest BCUT2D eigenvalue weighted by Crippen LogP contribution is -2.26. The Morgan fingerprint density at radius 2 is 1.86 bits per heavy atom. The molecule has 182 valence electrons. The van der Waals surface area contributed by atoms with E-state index in [1.165, 1.54) is 32.4 Å². The van der Waals surface area contributed by atoms with Crippen molar-refractivity contribution in [2.45, 2.75) is 13.0 Å². The van der Waals surface area contributed by atoms with Gasteiger partial charge in [-0.1, -0.05) is 58.4 Å². The smallest absolute Gasteiger partial charge is 0.346 e. The molecule has 1 atom stereocenters. The molecule has 4 rings (SSSR count). The van der Waals surface area contributed by atoms with Crippen molar-refractivity contribution in [1.82, 2.24) is 9.66 Å². The van der Waals surface area contributed by atoms with Gasteiger partial charge in [-0.05, 0) is 25.1 Å². The summed E-state index contributed by atoms with van der Waals surface area (Å²) in [7, 11) is 1.19. The Morgan fingerprint density at radius 1 is 1.17 bits per heavy atom. The Labute approximate surface area is 213 Å². The van der Waals surface area contributed by atoms with Crippen LogP contribution < -0.4 is 10.3 Å². The Hall–Kier alpha value is -4.38. The zero-order valence-corrected chi connectivity index (χ0v) is 20.7. The predicted octanol–water partition coefficient (Wildman–Crippen LogP) is 4.56. The summed E-state index contributed by atoms with van der Waals surface area (Å²) < 4.78 is 11.8. The minimum absolute atomic E-state index is 0.158.